The Kier molecular flexibility index (Phi) is 4.66. The van der Waals surface area contributed by atoms with Gasteiger partial charge in [0.2, 0.25) is 0 Å². The third-order valence-electron chi connectivity index (χ3n) is 2.28. The van der Waals surface area contributed by atoms with E-state index in [2.05, 4.69) is 39.7 Å². The van der Waals surface area contributed by atoms with Crippen molar-refractivity contribution in [3.05, 3.63) is 17.0 Å². The largest absolute Gasteiger partial charge is 0.285 e. The lowest BCUT2D eigenvalue weighted by Crippen LogP contribution is -2.32. The number of aliphatic imine (C=N–C) groups is 1. The number of rotatable bonds is 2. The van der Waals surface area contributed by atoms with Gasteiger partial charge in [-0.15, -0.1) is 30.2 Å². The zero-order valence-corrected chi connectivity index (χ0v) is 10.7. The fourth-order valence-corrected chi connectivity index (χ4v) is 2.45. The number of nitrogens with zero attached hydrogens (tertiary/aromatic N) is 2. The van der Waals surface area contributed by atoms with Crippen molar-refractivity contribution in [1.82, 2.24) is 5.43 Å². The molecule has 5 heteroatoms. The summed E-state index contributed by atoms with van der Waals surface area (Å²) in [4.78, 5) is 4.26. The molecule has 1 aliphatic heterocycles. The summed E-state index contributed by atoms with van der Waals surface area (Å²) in [6.07, 6.45) is 6.11. The van der Waals surface area contributed by atoms with E-state index >= 15 is 0 Å². The third-order valence-corrected chi connectivity index (χ3v) is 3.32. The minimum Gasteiger partial charge on any atom is -0.285 e. The van der Waals surface area contributed by atoms with E-state index in [1.807, 2.05) is 0 Å². The van der Waals surface area contributed by atoms with Crippen molar-refractivity contribution in [3.63, 3.8) is 0 Å². The van der Waals surface area contributed by atoms with Gasteiger partial charge in [0.15, 0.2) is 0 Å². The summed E-state index contributed by atoms with van der Waals surface area (Å²) in [5.41, 5.74) is 4.56. The molecule has 0 aromatic carbocycles. The van der Waals surface area contributed by atoms with Crippen molar-refractivity contribution in [2.75, 3.05) is 18.1 Å². The van der Waals surface area contributed by atoms with E-state index < -0.39 is 0 Å². The molecular weight excluding hydrogens is 242 g/mol. The summed E-state index contributed by atoms with van der Waals surface area (Å²) in [7, 11) is 0. The first-order valence-corrected chi connectivity index (χ1v) is 5.74. The molecule has 1 saturated heterocycles. The average Bonchev–Trinajstić information content (AvgIpc) is 2.83. The van der Waals surface area contributed by atoms with Crippen LogP contribution in [0, 0.1) is 19.3 Å². The molecule has 86 valence electrons. The summed E-state index contributed by atoms with van der Waals surface area (Å²) in [6.45, 7) is 3.54. The van der Waals surface area contributed by atoms with Gasteiger partial charge in [-0.25, -0.2) is 0 Å². The summed E-state index contributed by atoms with van der Waals surface area (Å²) < 4.78 is 0. The normalized spacial score (nSPS) is 16.8. The quantitative estimate of drug-likeness (QED) is 0.821. The first-order valence-electron chi connectivity index (χ1n) is 4.86. The van der Waals surface area contributed by atoms with Crippen molar-refractivity contribution in [2.45, 2.75) is 13.3 Å². The molecule has 1 fully saturated rings. The van der Waals surface area contributed by atoms with Crippen LogP contribution in [0.25, 0.3) is 0 Å². The summed E-state index contributed by atoms with van der Waals surface area (Å²) in [6, 6.07) is 2.12. The van der Waals surface area contributed by atoms with Crippen molar-refractivity contribution in [1.29, 1.82) is 0 Å². The Morgan fingerprint density at radius 2 is 2.50 bits per heavy atom. The molecule has 1 aromatic heterocycles. The van der Waals surface area contributed by atoms with E-state index in [9.17, 15) is 0 Å². The summed E-state index contributed by atoms with van der Waals surface area (Å²) in [5.74, 6) is 3.50. The molecule has 0 unspecified atom stereocenters. The number of thiophene rings is 1. The molecule has 0 amide bonds. The number of hydrogen-bond acceptors (Lipinski definition) is 3. The Morgan fingerprint density at radius 3 is 3.12 bits per heavy atom. The van der Waals surface area contributed by atoms with E-state index in [0.29, 0.717) is 6.54 Å². The predicted molar refractivity (Wildman–Crippen MR) is 72.5 cm³/mol. The molecule has 1 aliphatic rings. The monoisotopic (exact) mass is 255 g/mol. The highest BCUT2D eigenvalue weighted by atomic mass is 35.5. The van der Waals surface area contributed by atoms with Gasteiger partial charge in [-0.1, -0.05) is 5.92 Å². The zero-order valence-electron chi connectivity index (χ0n) is 9.06. The van der Waals surface area contributed by atoms with Gasteiger partial charge < -0.3 is 0 Å². The molecule has 0 saturated carbocycles. The second kappa shape index (κ2) is 5.78. The fourth-order valence-electron chi connectivity index (χ4n) is 1.53. The Bertz CT molecular complexity index is 419. The third kappa shape index (κ3) is 2.69. The molecular formula is C11H14ClN3S. The van der Waals surface area contributed by atoms with E-state index in [1.54, 1.807) is 11.3 Å². The molecule has 16 heavy (non-hydrogen) atoms. The van der Waals surface area contributed by atoms with Crippen LogP contribution in [0.3, 0.4) is 0 Å². The number of anilines is 1. The molecule has 3 nitrogen and oxygen atoms in total. The fraction of sp³-hybridized carbons (Fsp3) is 0.364. The SMILES string of the molecule is C#CCN=C1CCN(c2sccc2C)N1.Cl. The number of amidine groups is 1. The topological polar surface area (TPSA) is 27.6 Å². The van der Waals surface area contributed by atoms with Gasteiger partial charge in [0.25, 0.3) is 0 Å². The lowest BCUT2D eigenvalue weighted by atomic mass is 10.3. The molecule has 2 heterocycles. The minimum absolute atomic E-state index is 0. The van der Waals surface area contributed by atoms with Crippen molar-refractivity contribution < 1.29 is 0 Å². The average molecular weight is 256 g/mol. The summed E-state index contributed by atoms with van der Waals surface area (Å²) >= 11 is 1.74. The molecule has 2 rings (SSSR count). The number of hydrazine groups is 1. The molecule has 1 N–H and O–H groups in total. The Labute approximate surface area is 106 Å². The highest BCUT2D eigenvalue weighted by Crippen LogP contribution is 2.27. The van der Waals surface area contributed by atoms with Gasteiger partial charge >= 0.3 is 0 Å². The standard InChI is InChI=1S/C11H13N3S.ClH/c1-3-6-12-10-4-7-14(13-10)11-9(2)5-8-15-11;/h1,5,8H,4,6-7H2,2H3,(H,12,13);1H. The lowest BCUT2D eigenvalue weighted by Gasteiger charge is -2.16. The maximum Gasteiger partial charge on any atom is 0.118 e. The number of terminal acetylenes is 1. The number of halogens is 1. The second-order valence-corrected chi connectivity index (χ2v) is 4.28. The van der Waals surface area contributed by atoms with Crippen LogP contribution in [0.15, 0.2) is 16.4 Å². The van der Waals surface area contributed by atoms with E-state index in [4.69, 9.17) is 6.42 Å². The minimum atomic E-state index is 0. The smallest absolute Gasteiger partial charge is 0.118 e. The van der Waals surface area contributed by atoms with E-state index in [0.717, 1.165) is 18.8 Å². The molecule has 0 aliphatic carbocycles. The molecule has 0 spiro atoms. The Morgan fingerprint density at radius 1 is 1.69 bits per heavy atom. The molecule has 0 bridgehead atoms. The lowest BCUT2D eigenvalue weighted by molar-refractivity contribution is 0.864. The van der Waals surface area contributed by atoms with Crippen LogP contribution in [0.4, 0.5) is 5.00 Å². The van der Waals surface area contributed by atoms with E-state index in [1.165, 1.54) is 10.6 Å². The predicted octanol–water partition coefficient (Wildman–Crippen LogP) is 2.22. The Hall–Kier alpha value is -1.18. The number of aryl methyl sites for hydroxylation is 1. The van der Waals surface area contributed by atoms with E-state index in [-0.39, 0.29) is 12.4 Å². The van der Waals surface area contributed by atoms with Crippen LogP contribution in [0.5, 0.6) is 0 Å². The highest BCUT2D eigenvalue weighted by Gasteiger charge is 2.19. The van der Waals surface area contributed by atoms with Crippen LogP contribution >= 0.6 is 23.7 Å². The second-order valence-electron chi connectivity index (χ2n) is 3.39. The van der Waals surface area contributed by atoms with Gasteiger partial charge in [-0.2, -0.15) is 0 Å². The number of nitrogens with one attached hydrogen (secondary N) is 1. The molecule has 1 aromatic rings. The first-order chi connectivity index (χ1) is 7.31. The molecule has 0 atom stereocenters. The highest BCUT2D eigenvalue weighted by molar-refractivity contribution is 7.14. The van der Waals surface area contributed by atoms with Crippen LogP contribution in [-0.2, 0) is 0 Å². The first kappa shape index (κ1) is 12.9. The van der Waals surface area contributed by atoms with Crippen LogP contribution in [0.1, 0.15) is 12.0 Å². The van der Waals surface area contributed by atoms with Gasteiger partial charge in [0.1, 0.15) is 17.4 Å². The van der Waals surface area contributed by atoms with Gasteiger partial charge in [0, 0.05) is 13.0 Å². The molecule has 0 radical (unpaired) electrons. The maximum absolute atomic E-state index is 5.16. The Balaban J connectivity index is 0.00000128. The van der Waals surface area contributed by atoms with Gasteiger partial charge in [-0.3, -0.25) is 15.4 Å². The summed E-state index contributed by atoms with van der Waals surface area (Å²) in [5, 5.41) is 5.50. The van der Waals surface area contributed by atoms with Gasteiger partial charge in [-0.05, 0) is 23.9 Å². The van der Waals surface area contributed by atoms with Crippen molar-refractivity contribution in [2.24, 2.45) is 4.99 Å². The van der Waals surface area contributed by atoms with Gasteiger partial charge in [0.05, 0.1) is 0 Å². The van der Waals surface area contributed by atoms with Crippen LogP contribution < -0.4 is 10.4 Å². The van der Waals surface area contributed by atoms with Crippen LogP contribution in [-0.4, -0.2) is 18.9 Å². The number of hydrogen-bond donors (Lipinski definition) is 1. The van der Waals surface area contributed by atoms with Crippen LogP contribution in [0.2, 0.25) is 0 Å². The maximum atomic E-state index is 5.16. The van der Waals surface area contributed by atoms with Crippen molar-refractivity contribution in [3.8, 4) is 12.3 Å². The van der Waals surface area contributed by atoms with Crippen molar-refractivity contribution >= 4 is 34.6 Å². The zero-order chi connectivity index (χ0) is 10.7.